The number of thioether (sulfide) groups is 1. The first-order chi connectivity index (χ1) is 14.4. The summed E-state index contributed by atoms with van der Waals surface area (Å²) in [6, 6.07) is 0.285. The van der Waals surface area contributed by atoms with Crippen molar-refractivity contribution in [1.29, 1.82) is 0 Å². The van der Waals surface area contributed by atoms with Gasteiger partial charge < -0.3 is 10.6 Å². The fourth-order valence-electron chi connectivity index (χ4n) is 3.75. The summed E-state index contributed by atoms with van der Waals surface area (Å²) < 4.78 is 0. The molecular weight excluding hydrogens is 410 g/mol. The summed E-state index contributed by atoms with van der Waals surface area (Å²) in [6.07, 6.45) is 6.54. The molecule has 2 fully saturated rings. The number of carbonyl (C=O) groups excluding carboxylic acids is 5. The molecule has 3 heterocycles. The molecule has 0 aromatic rings. The predicted octanol–water partition coefficient (Wildman–Crippen LogP) is -0.0451. The summed E-state index contributed by atoms with van der Waals surface area (Å²) in [4.78, 5) is 59.0. The molecule has 11 heteroatoms. The van der Waals surface area contributed by atoms with E-state index in [4.69, 9.17) is 0 Å². The molecule has 0 aromatic heterocycles. The first-order valence-electron chi connectivity index (χ1n) is 10.2. The second-order valence-corrected chi connectivity index (χ2v) is 8.85. The molecule has 3 aliphatic heterocycles. The van der Waals surface area contributed by atoms with Gasteiger partial charge in [0.15, 0.2) is 0 Å². The highest BCUT2D eigenvalue weighted by molar-refractivity contribution is 8.00. The van der Waals surface area contributed by atoms with Gasteiger partial charge in [-0.2, -0.15) is 11.8 Å². The van der Waals surface area contributed by atoms with Gasteiger partial charge in [-0.1, -0.05) is 6.42 Å². The van der Waals surface area contributed by atoms with E-state index in [1.807, 2.05) is 11.8 Å². The molecule has 0 aliphatic carbocycles. The maximum Gasteiger partial charge on any atom is 0.315 e. The van der Waals surface area contributed by atoms with Crippen molar-refractivity contribution in [3.8, 4) is 0 Å². The normalized spacial score (nSPS) is 24.6. The number of hydrogen-bond acceptors (Lipinski definition) is 6. The first-order valence-corrected chi connectivity index (χ1v) is 11.3. The largest absolute Gasteiger partial charge is 0.332 e. The average Bonchev–Trinajstić information content (AvgIpc) is 3.36. The predicted molar refractivity (Wildman–Crippen MR) is 110 cm³/mol. The van der Waals surface area contributed by atoms with E-state index in [0.717, 1.165) is 23.5 Å². The van der Waals surface area contributed by atoms with Gasteiger partial charge in [0.05, 0.1) is 12.1 Å². The van der Waals surface area contributed by atoms with Crippen LogP contribution in [-0.4, -0.2) is 64.2 Å². The van der Waals surface area contributed by atoms with Crippen LogP contribution in [0, 0.1) is 0 Å². The molecule has 3 atom stereocenters. The second kappa shape index (κ2) is 10.5. The number of hydrazine groups is 1. The van der Waals surface area contributed by atoms with Gasteiger partial charge in [0.25, 0.3) is 11.8 Å². The van der Waals surface area contributed by atoms with Crippen molar-refractivity contribution >= 4 is 41.4 Å². The van der Waals surface area contributed by atoms with Crippen LogP contribution in [-0.2, 0) is 19.2 Å². The highest BCUT2D eigenvalue weighted by atomic mass is 32.2. The third-order valence-corrected chi connectivity index (χ3v) is 6.87. The van der Waals surface area contributed by atoms with Gasteiger partial charge in [0.2, 0.25) is 11.8 Å². The lowest BCUT2D eigenvalue weighted by molar-refractivity contribution is -0.136. The van der Waals surface area contributed by atoms with Gasteiger partial charge in [-0.15, -0.1) is 0 Å². The molecule has 2 saturated heterocycles. The van der Waals surface area contributed by atoms with E-state index >= 15 is 0 Å². The molecule has 4 N–H and O–H groups in total. The molecule has 164 valence electrons. The third kappa shape index (κ3) is 5.97. The quantitative estimate of drug-likeness (QED) is 0.164. The number of fused-ring (bicyclic) bond motifs is 1. The number of rotatable bonds is 10. The summed E-state index contributed by atoms with van der Waals surface area (Å²) >= 11 is 1.85. The minimum Gasteiger partial charge on any atom is -0.332 e. The molecule has 0 spiro atoms. The third-order valence-electron chi connectivity index (χ3n) is 5.36. The van der Waals surface area contributed by atoms with Gasteiger partial charge in [0.1, 0.15) is 0 Å². The average molecular weight is 438 g/mol. The van der Waals surface area contributed by atoms with E-state index in [1.165, 1.54) is 12.2 Å². The zero-order chi connectivity index (χ0) is 21.5. The van der Waals surface area contributed by atoms with E-state index < -0.39 is 0 Å². The Morgan fingerprint density at radius 1 is 0.967 bits per heavy atom. The minimum absolute atomic E-state index is 0.0968. The molecule has 6 amide bonds. The Morgan fingerprint density at radius 2 is 1.60 bits per heavy atom. The van der Waals surface area contributed by atoms with Crippen LogP contribution in [0.4, 0.5) is 4.79 Å². The van der Waals surface area contributed by atoms with Crippen LogP contribution >= 0.6 is 11.8 Å². The van der Waals surface area contributed by atoms with E-state index in [-0.39, 0.29) is 54.7 Å². The smallest absolute Gasteiger partial charge is 0.315 e. The fourth-order valence-corrected chi connectivity index (χ4v) is 5.29. The van der Waals surface area contributed by atoms with Crippen molar-refractivity contribution in [3.05, 3.63) is 12.2 Å². The SMILES string of the molecule is O=C(CCCC[C@@H]1SC[C@@H]2NC(=O)N[C@@H]21)NNC(=O)CCCCN1C(=O)C=CC1=O. The molecule has 0 aromatic carbocycles. The number of nitrogens with one attached hydrogen (secondary N) is 4. The van der Waals surface area contributed by atoms with Crippen molar-refractivity contribution in [1.82, 2.24) is 26.4 Å². The molecule has 10 nitrogen and oxygen atoms in total. The number of urea groups is 1. The summed E-state index contributed by atoms with van der Waals surface area (Å²) in [7, 11) is 0. The Labute approximate surface area is 178 Å². The zero-order valence-corrected chi connectivity index (χ0v) is 17.5. The van der Waals surface area contributed by atoms with Crippen LogP contribution in [0.15, 0.2) is 12.2 Å². The topological polar surface area (TPSA) is 137 Å². The van der Waals surface area contributed by atoms with Gasteiger partial charge >= 0.3 is 6.03 Å². The molecule has 3 rings (SSSR count). The van der Waals surface area contributed by atoms with Gasteiger partial charge in [-0.05, 0) is 25.7 Å². The highest BCUT2D eigenvalue weighted by Crippen LogP contribution is 2.33. The monoisotopic (exact) mass is 437 g/mol. The maximum absolute atomic E-state index is 11.9. The molecular formula is C19H27N5O5S. The number of nitrogens with zero attached hydrogens (tertiary/aromatic N) is 1. The summed E-state index contributed by atoms with van der Waals surface area (Å²) in [5, 5.41) is 6.23. The van der Waals surface area contributed by atoms with Crippen molar-refractivity contribution in [2.45, 2.75) is 62.3 Å². The Balaban J connectivity index is 1.18. The minimum atomic E-state index is -0.326. The van der Waals surface area contributed by atoms with E-state index in [0.29, 0.717) is 30.9 Å². The van der Waals surface area contributed by atoms with Gasteiger partial charge in [0, 0.05) is 42.5 Å². The van der Waals surface area contributed by atoms with Crippen molar-refractivity contribution in [3.63, 3.8) is 0 Å². The molecule has 0 unspecified atom stereocenters. The summed E-state index contributed by atoms with van der Waals surface area (Å²) in [5.41, 5.74) is 4.80. The molecule has 3 aliphatic rings. The van der Waals surface area contributed by atoms with Crippen molar-refractivity contribution in [2.75, 3.05) is 12.3 Å². The number of imide groups is 1. The van der Waals surface area contributed by atoms with Crippen molar-refractivity contribution in [2.24, 2.45) is 0 Å². The van der Waals surface area contributed by atoms with Crippen LogP contribution < -0.4 is 21.5 Å². The van der Waals surface area contributed by atoms with Gasteiger partial charge in [-0.25, -0.2) is 4.79 Å². The van der Waals surface area contributed by atoms with Crippen LogP contribution in [0.5, 0.6) is 0 Å². The van der Waals surface area contributed by atoms with Crippen LogP contribution in [0.2, 0.25) is 0 Å². The molecule has 0 saturated carbocycles. The lowest BCUT2D eigenvalue weighted by Gasteiger charge is -2.16. The standard InChI is InChI=1S/C19H27N5O5S/c25-14(6-2-1-5-13-18-12(11-30-13)20-19(29)21-18)22-23-15(26)7-3-4-10-24-16(27)8-9-17(24)28/h8-9,12-13,18H,1-7,10-11H2,(H,22,25)(H,23,26)(H2,20,21,29)/t12-,13-,18-/m0/s1. The first kappa shape index (κ1) is 22.1. The van der Waals surface area contributed by atoms with Crippen LogP contribution in [0.1, 0.15) is 44.9 Å². The molecule has 30 heavy (non-hydrogen) atoms. The van der Waals surface area contributed by atoms with E-state index in [1.54, 1.807) is 0 Å². The lowest BCUT2D eigenvalue weighted by Crippen LogP contribution is -2.41. The second-order valence-electron chi connectivity index (χ2n) is 7.58. The molecule has 0 bridgehead atoms. The van der Waals surface area contributed by atoms with E-state index in [9.17, 15) is 24.0 Å². The Hall–Kier alpha value is -2.56. The number of unbranched alkanes of at least 4 members (excludes halogenated alkanes) is 2. The van der Waals surface area contributed by atoms with Crippen LogP contribution in [0.3, 0.4) is 0 Å². The number of carbonyl (C=O) groups is 5. The highest BCUT2D eigenvalue weighted by Gasteiger charge is 2.42. The lowest BCUT2D eigenvalue weighted by atomic mass is 10.0. The summed E-state index contributed by atoms with van der Waals surface area (Å²) in [5.74, 6) is -0.281. The van der Waals surface area contributed by atoms with E-state index in [2.05, 4.69) is 21.5 Å². The fraction of sp³-hybridized carbons (Fsp3) is 0.632. The zero-order valence-electron chi connectivity index (χ0n) is 16.6. The Morgan fingerprint density at radius 3 is 2.27 bits per heavy atom. The summed E-state index contributed by atoms with van der Waals surface area (Å²) in [6.45, 7) is 0.283. The van der Waals surface area contributed by atoms with Crippen LogP contribution in [0.25, 0.3) is 0 Å². The maximum atomic E-state index is 11.9. The van der Waals surface area contributed by atoms with Gasteiger partial charge in [-0.3, -0.25) is 34.9 Å². The number of amides is 6. The Bertz CT molecular complexity index is 725. The molecule has 0 radical (unpaired) electrons. The Kier molecular flexibility index (Phi) is 7.72. The van der Waals surface area contributed by atoms with Crippen molar-refractivity contribution < 1.29 is 24.0 Å². The number of hydrogen-bond donors (Lipinski definition) is 4.